The number of carbonyl (C=O) groups is 1. The van der Waals surface area contributed by atoms with Crippen molar-refractivity contribution in [2.75, 3.05) is 6.54 Å². The van der Waals surface area contributed by atoms with Gasteiger partial charge in [0.15, 0.2) is 0 Å². The van der Waals surface area contributed by atoms with Gasteiger partial charge >= 0.3 is 0 Å². The van der Waals surface area contributed by atoms with Crippen molar-refractivity contribution in [3.8, 4) is 0 Å². The fraction of sp³-hybridized carbons (Fsp3) is 0.700. The van der Waals surface area contributed by atoms with Crippen LogP contribution in [-0.4, -0.2) is 22.6 Å². The van der Waals surface area contributed by atoms with E-state index in [0.29, 0.717) is 12.4 Å². The van der Waals surface area contributed by atoms with Crippen molar-refractivity contribution in [2.45, 2.75) is 39.2 Å². The second-order valence-electron chi connectivity index (χ2n) is 3.95. The molecule has 0 aromatic carbocycles. The topological polar surface area (TPSA) is 94.0 Å². The van der Waals surface area contributed by atoms with Crippen LogP contribution in [0.3, 0.4) is 0 Å². The number of carbonyl (C=O) groups excluding carboxylic acids is 1. The summed E-state index contributed by atoms with van der Waals surface area (Å²) in [5.41, 5.74) is 5.33. The van der Waals surface area contributed by atoms with Gasteiger partial charge in [0, 0.05) is 6.54 Å². The predicted molar refractivity (Wildman–Crippen MR) is 58.8 cm³/mol. The zero-order valence-corrected chi connectivity index (χ0v) is 9.91. The van der Waals surface area contributed by atoms with Crippen LogP contribution >= 0.6 is 0 Å². The lowest BCUT2D eigenvalue weighted by molar-refractivity contribution is 0.0942. The Morgan fingerprint density at radius 3 is 2.81 bits per heavy atom. The number of nitrogens with zero attached hydrogens (tertiary/aromatic N) is 2. The van der Waals surface area contributed by atoms with Gasteiger partial charge in [0.2, 0.25) is 5.89 Å². The molecule has 1 amide bonds. The largest absolute Gasteiger partial charge is 0.349 e. The summed E-state index contributed by atoms with van der Waals surface area (Å²) in [6.07, 6.45) is 1.63. The minimum Gasteiger partial charge on any atom is -0.349 e. The normalized spacial score (nSPS) is 14.5. The van der Waals surface area contributed by atoms with Gasteiger partial charge in [-0.15, -0.1) is 0 Å². The van der Waals surface area contributed by atoms with Gasteiger partial charge in [0.25, 0.3) is 11.7 Å². The van der Waals surface area contributed by atoms with Gasteiger partial charge in [0.1, 0.15) is 0 Å². The van der Waals surface area contributed by atoms with Crippen molar-refractivity contribution in [1.29, 1.82) is 0 Å². The van der Waals surface area contributed by atoms with Crippen LogP contribution in [0.2, 0.25) is 0 Å². The predicted octanol–water partition coefficient (Wildman–Crippen LogP) is 0.793. The SMILES string of the molecule is CCCC(C)(N)c1nc(C(=O)NCC)no1. The third kappa shape index (κ3) is 2.79. The highest BCUT2D eigenvalue weighted by atomic mass is 16.5. The van der Waals surface area contributed by atoms with E-state index in [4.69, 9.17) is 10.3 Å². The molecule has 6 nitrogen and oxygen atoms in total. The highest BCUT2D eigenvalue weighted by molar-refractivity contribution is 5.90. The van der Waals surface area contributed by atoms with E-state index in [1.807, 2.05) is 20.8 Å². The standard InChI is InChI=1S/C10H18N4O2/c1-4-6-10(3,11)9-13-7(14-16-9)8(15)12-5-2/h4-6,11H2,1-3H3,(H,12,15). The van der Waals surface area contributed by atoms with Crippen LogP contribution in [0.15, 0.2) is 4.52 Å². The first kappa shape index (κ1) is 12.6. The molecule has 0 fully saturated rings. The molecule has 1 heterocycles. The molecule has 0 bridgehead atoms. The van der Waals surface area contributed by atoms with Crippen molar-refractivity contribution in [3.63, 3.8) is 0 Å². The molecule has 0 spiro atoms. The van der Waals surface area contributed by atoms with E-state index >= 15 is 0 Å². The third-order valence-electron chi connectivity index (χ3n) is 2.22. The zero-order chi connectivity index (χ0) is 12.2. The fourth-order valence-corrected chi connectivity index (χ4v) is 1.41. The van der Waals surface area contributed by atoms with E-state index in [9.17, 15) is 4.79 Å². The molecule has 3 N–H and O–H groups in total. The molecule has 1 atom stereocenters. The summed E-state index contributed by atoms with van der Waals surface area (Å²) in [4.78, 5) is 15.4. The van der Waals surface area contributed by atoms with Crippen LogP contribution < -0.4 is 11.1 Å². The smallest absolute Gasteiger partial charge is 0.292 e. The Hall–Kier alpha value is -1.43. The molecule has 1 aromatic rings. The average molecular weight is 226 g/mol. The summed E-state index contributed by atoms with van der Waals surface area (Å²) in [6.45, 7) is 6.18. The molecule has 90 valence electrons. The summed E-state index contributed by atoms with van der Waals surface area (Å²) >= 11 is 0. The van der Waals surface area contributed by atoms with Crippen LogP contribution in [0.4, 0.5) is 0 Å². The van der Waals surface area contributed by atoms with E-state index in [1.165, 1.54) is 0 Å². The van der Waals surface area contributed by atoms with Gasteiger partial charge in [-0.1, -0.05) is 18.5 Å². The molecular weight excluding hydrogens is 208 g/mol. The monoisotopic (exact) mass is 226 g/mol. The van der Waals surface area contributed by atoms with Crippen LogP contribution in [0, 0.1) is 0 Å². The van der Waals surface area contributed by atoms with E-state index in [1.54, 1.807) is 0 Å². The van der Waals surface area contributed by atoms with Crippen molar-refractivity contribution < 1.29 is 9.32 Å². The molecule has 0 aliphatic carbocycles. The number of rotatable bonds is 5. The van der Waals surface area contributed by atoms with E-state index in [-0.39, 0.29) is 11.7 Å². The van der Waals surface area contributed by atoms with Gasteiger partial charge < -0.3 is 15.6 Å². The Labute approximate surface area is 94.6 Å². The van der Waals surface area contributed by atoms with Crippen LogP contribution in [0.25, 0.3) is 0 Å². The molecule has 6 heteroatoms. The molecule has 16 heavy (non-hydrogen) atoms. The van der Waals surface area contributed by atoms with Gasteiger partial charge in [-0.2, -0.15) is 4.98 Å². The number of hydrogen-bond acceptors (Lipinski definition) is 5. The van der Waals surface area contributed by atoms with E-state index < -0.39 is 5.54 Å². The molecule has 1 unspecified atom stereocenters. The number of nitrogens with one attached hydrogen (secondary N) is 1. The van der Waals surface area contributed by atoms with Crippen molar-refractivity contribution in [1.82, 2.24) is 15.5 Å². The van der Waals surface area contributed by atoms with E-state index in [0.717, 1.165) is 12.8 Å². The van der Waals surface area contributed by atoms with Crippen molar-refractivity contribution in [2.24, 2.45) is 5.73 Å². The summed E-state index contributed by atoms with van der Waals surface area (Å²) in [7, 11) is 0. The molecule has 0 aliphatic heterocycles. The summed E-state index contributed by atoms with van der Waals surface area (Å²) in [5, 5.41) is 6.20. The van der Waals surface area contributed by atoms with Gasteiger partial charge in [-0.3, -0.25) is 4.79 Å². The maximum atomic E-state index is 11.4. The van der Waals surface area contributed by atoms with Gasteiger partial charge in [0.05, 0.1) is 5.54 Å². The zero-order valence-electron chi connectivity index (χ0n) is 9.91. The second kappa shape index (κ2) is 5.07. The maximum Gasteiger partial charge on any atom is 0.292 e. The number of amides is 1. The maximum absolute atomic E-state index is 11.4. The van der Waals surface area contributed by atoms with Gasteiger partial charge in [-0.25, -0.2) is 0 Å². The Balaban J connectivity index is 2.82. The quantitative estimate of drug-likeness (QED) is 0.774. The highest BCUT2D eigenvalue weighted by Gasteiger charge is 2.28. The minimum absolute atomic E-state index is 0.0321. The Kier molecular flexibility index (Phi) is 4.00. The highest BCUT2D eigenvalue weighted by Crippen LogP contribution is 2.20. The van der Waals surface area contributed by atoms with Crippen LogP contribution in [0.5, 0.6) is 0 Å². The molecule has 0 aliphatic rings. The lowest BCUT2D eigenvalue weighted by Crippen LogP contribution is -2.33. The molecule has 0 saturated carbocycles. The lowest BCUT2D eigenvalue weighted by Gasteiger charge is -2.18. The molecule has 0 radical (unpaired) electrons. The summed E-state index contributed by atoms with van der Waals surface area (Å²) in [6, 6.07) is 0. The molecule has 1 aromatic heterocycles. The van der Waals surface area contributed by atoms with Crippen molar-refractivity contribution in [3.05, 3.63) is 11.7 Å². The van der Waals surface area contributed by atoms with E-state index in [2.05, 4.69) is 15.5 Å². The Bertz CT molecular complexity index is 359. The average Bonchev–Trinajstić information content (AvgIpc) is 2.67. The molecular formula is C10H18N4O2. The minimum atomic E-state index is -0.674. The Morgan fingerprint density at radius 2 is 2.25 bits per heavy atom. The number of nitrogens with two attached hydrogens (primary N) is 1. The first-order valence-electron chi connectivity index (χ1n) is 5.42. The first-order chi connectivity index (χ1) is 7.51. The van der Waals surface area contributed by atoms with Gasteiger partial charge in [-0.05, 0) is 20.3 Å². The lowest BCUT2D eigenvalue weighted by atomic mass is 9.98. The summed E-state index contributed by atoms with van der Waals surface area (Å²) in [5.74, 6) is -0.00923. The molecule has 1 rings (SSSR count). The second-order valence-corrected chi connectivity index (χ2v) is 3.95. The molecule has 0 saturated heterocycles. The van der Waals surface area contributed by atoms with Crippen molar-refractivity contribution >= 4 is 5.91 Å². The van der Waals surface area contributed by atoms with Crippen LogP contribution in [-0.2, 0) is 5.54 Å². The summed E-state index contributed by atoms with van der Waals surface area (Å²) < 4.78 is 5.00. The first-order valence-corrected chi connectivity index (χ1v) is 5.42. The Morgan fingerprint density at radius 1 is 1.56 bits per heavy atom. The third-order valence-corrected chi connectivity index (χ3v) is 2.22. The number of aromatic nitrogens is 2. The fourth-order valence-electron chi connectivity index (χ4n) is 1.41. The number of hydrogen-bond donors (Lipinski definition) is 2. The van der Waals surface area contributed by atoms with Crippen LogP contribution in [0.1, 0.15) is 50.1 Å².